The Morgan fingerprint density at radius 2 is 1.62 bits per heavy atom. The molecule has 2 aromatic carbocycles. The number of rotatable bonds is 6. The number of sulfonamides is 1. The SMILES string of the molecule is CCS(=O)(=O)N1CCC(NC(=O)c2ccccc2C(=O)c2ccc(F)cc2)CC1. The van der Waals surface area contributed by atoms with Crippen molar-refractivity contribution in [3.05, 3.63) is 71.0 Å². The van der Waals surface area contributed by atoms with Crippen molar-refractivity contribution in [2.75, 3.05) is 18.8 Å². The molecule has 1 aliphatic heterocycles. The molecule has 0 saturated carbocycles. The second-order valence-corrected chi connectivity index (χ2v) is 9.19. The number of carbonyl (C=O) groups is 2. The van der Waals surface area contributed by atoms with Gasteiger partial charge in [-0.2, -0.15) is 0 Å². The van der Waals surface area contributed by atoms with Gasteiger partial charge in [0.1, 0.15) is 5.82 Å². The first kappa shape index (κ1) is 21.1. The smallest absolute Gasteiger partial charge is 0.252 e. The molecule has 0 bridgehead atoms. The van der Waals surface area contributed by atoms with E-state index >= 15 is 0 Å². The lowest BCUT2D eigenvalue weighted by Gasteiger charge is -2.31. The lowest BCUT2D eigenvalue weighted by Crippen LogP contribution is -2.47. The second kappa shape index (κ2) is 8.84. The lowest BCUT2D eigenvalue weighted by atomic mass is 9.97. The van der Waals surface area contributed by atoms with Crippen molar-refractivity contribution in [2.24, 2.45) is 0 Å². The molecule has 0 radical (unpaired) electrons. The molecule has 1 fully saturated rings. The van der Waals surface area contributed by atoms with Gasteiger partial charge in [-0.25, -0.2) is 17.1 Å². The van der Waals surface area contributed by atoms with E-state index in [4.69, 9.17) is 0 Å². The van der Waals surface area contributed by atoms with E-state index in [0.29, 0.717) is 31.5 Å². The molecule has 1 heterocycles. The Morgan fingerprint density at radius 1 is 1.03 bits per heavy atom. The summed E-state index contributed by atoms with van der Waals surface area (Å²) >= 11 is 0. The Morgan fingerprint density at radius 3 is 2.21 bits per heavy atom. The van der Waals surface area contributed by atoms with Crippen LogP contribution in [0.3, 0.4) is 0 Å². The molecule has 29 heavy (non-hydrogen) atoms. The maximum absolute atomic E-state index is 13.1. The zero-order valence-corrected chi connectivity index (χ0v) is 16.9. The van der Waals surface area contributed by atoms with Gasteiger partial charge in [0.05, 0.1) is 11.3 Å². The molecule has 0 spiro atoms. The van der Waals surface area contributed by atoms with Crippen LogP contribution in [0.1, 0.15) is 46.0 Å². The third-order valence-corrected chi connectivity index (χ3v) is 6.95. The fourth-order valence-electron chi connectivity index (χ4n) is 3.36. The maximum atomic E-state index is 13.1. The first-order valence-electron chi connectivity index (χ1n) is 9.50. The Labute approximate surface area is 169 Å². The summed E-state index contributed by atoms with van der Waals surface area (Å²) in [7, 11) is -3.23. The molecule has 2 aromatic rings. The number of ketones is 1. The number of carbonyl (C=O) groups excluding carboxylic acids is 2. The first-order chi connectivity index (χ1) is 13.8. The van der Waals surface area contributed by atoms with Crippen LogP contribution in [-0.2, 0) is 10.0 Å². The summed E-state index contributed by atoms with van der Waals surface area (Å²) in [6.07, 6.45) is 1.03. The number of benzene rings is 2. The number of hydrogen-bond acceptors (Lipinski definition) is 4. The zero-order chi connectivity index (χ0) is 21.0. The van der Waals surface area contributed by atoms with Crippen LogP contribution in [0.4, 0.5) is 4.39 Å². The largest absolute Gasteiger partial charge is 0.349 e. The standard InChI is InChI=1S/C21H23FN2O4S/c1-2-29(27,28)24-13-11-17(12-14-24)23-21(26)19-6-4-3-5-18(19)20(25)15-7-9-16(22)10-8-15/h3-10,17H,2,11-14H2,1H3,(H,23,26). The summed E-state index contributed by atoms with van der Waals surface area (Å²) in [6.45, 7) is 2.33. The topological polar surface area (TPSA) is 83.6 Å². The molecule has 0 atom stereocenters. The van der Waals surface area contributed by atoms with Gasteiger partial charge in [0.15, 0.2) is 5.78 Å². The van der Waals surface area contributed by atoms with Gasteiger partial charge in [-0.05, 0) is 50.1 Å². The van der Waals surface area contributed by atoms with Gasteiger partial charge < -0.3 is 5.32 Å². The summed E-state index contributed by atoms with van der Waals surface area (Å²) in [5, 5.41) is 2.91. The van der Waals surface area contributed by atoms with E-state index in [1.54, 1.807) is 31.2 Å². The number of halogens is 1. The zero-order valence-electron chi connectivity index (χ0n) is 16.1. The van der Waals surface area contributed by atoms with Crippen LogP contribution >= 0.6 is 0 Å². The van der Waals surface area contributed by atoms with Gasteiger partial charge in [-0.1, -0.05) is 18.2 Å². The highest BCUT2D eigenvalue weighted by molar-refractivity contribution is 7.89. The fraction of sp³-hybridized carbons (Fsp3) is 0.333. The highest BCUT2D eigenvalue weighted by Gasteiger charge is 2.28. The molecule has 0 aromatic heterocycles. The van der Waals surface area contributed by atoms with Gasteiger partial charge >= 0.3 is 0 Å². The third kappa shape index (κ3) is 4.89. The van der Waals surface area contributed by atoms with Crippen LogP contribution in [0.5, 0.6) is 0 Å². The molecular weight excluding hydrogens is 395 g/mol. The van der Waals surface area contributed by atoms with E-state index in [-0.39, 0.29) is 34.6 Å². The normalized spacial score (nSPS) is 15.8. The minimum atomic E-state index is -3.23. The van der Waals surface area contributed by atoms with Crippen LogP contribution in [0.15, 0.2) is 48.5 Å². The van der Waals surface area contributed by atoms with Gasteiger partial charge in [-0.15, -0.1) is 0 Å². The molecule has 6 nitrogen and oxygen atoms in total. The molecule has 3 rings (SSSR count). The molecule has 0 unspecified atom stereocenters. The van der Waals surface area contributed by atoms with Crippen LogP contribution in [0.2, 0.25) is 0 Å². The van der Waals surface area contributed by atoms with E-state index in [2.05, 4.69) is 5.32 Å². The summed E-state index contributed by atoms with van der Waals surface area (Å²) < 4.78 is 38.5. The summed E-state index contributed by atoms with van der Waals surface area (Å²) in [4.78, 5) is 25.6. The van der Waals surface area contributed by atoms with Gasteiger partial charge in [0.2, 0.25) is 10.0 Å². The van der Waals surface area contributed by atoms with Crippen LogP contribution in [0, 0.1) is 5.82 Å². The molecule has 1 saturated heterocycles. The van der Waals surface area contributed by atoms with Crippen LogP contribution in [0.25, 0.3) is 0 Å². The van der Waals surface area contributed by atoms with Gasteiger partial charge in [-0.3, -0.25) is 9.59 Å². The molecule has 1 aliphatic rings. The number of hydrogen-bond donors (Lipinski definition) is 1. The van der Waals surface area contributed by atoms with E-state index in [1.807, 2.05) is 0 Å². The minimum Gasteiger partial charge on any atom is -0.349 e. The maximum Gasteiger partial charge on any atom is 0.252 e. The molecule has 0 aliphatic carbocycles. The quantitative estimate of drug-likeness (QED) is 0.731. The van der Waals surface area contributed by atoms with Crippen molar-refractivity contribution in [2.45, 2.75) is 25.8 Å². The Hall–Kier alpha value is -2.58. The van der Waals surface area contributed by atoms with Crippen molar-refractivity contribution < 1.29 is 22.4 Å². The third-order valence-electron chi connectivity index (χ3n) is 5.07. The summed E-state index contributed by atoms with van der Waals surface area (Å²) in [5.74, 6) is -1.13. The fourth-order valence-corrected chi connectivity index (χ4v) is 4.49. The van der Waals surface area contributed by atoms with E-state index < -0.39 is 15.8 Å². The average Bonchev–Trinajstić information content (AvgIpc) is 2.74. The van der Waals surface area contributed by atoms with E-state index in [1.165, 1.54) is 28.6 Å². The highest BCUT2D eigenvalue weighted by Crippen LogP contribution is 2.18. The monoisotopic (exact) mass is 418 g/mol. The number of nitrogens with zero attached hydrogens (tertiary/aromatic N) is 1. The molecular formula is C21H23FN2O4S. The van der Waals surface area contributed by atoms with Crippen molar-refractivity contribution in [3.63, 3.8) is 0 Å². The Kier molecular flexibility index (Phi) is 6.44. The summed E-state index contributed by atoms with van der Waals surface area (Å²) in [6, 6.07) is 11.5. The average molecular weight is 418 g/mol. The van der Waals surface area contributed by atoms with Gasteiger partial charge in [0.25, 0.3) is 5.91 Å². The number of amides is 1. The number of piperidine rings is 1. The minimum absolute atomic E-state index is 0.0584. The lowest BCUT2D eigenvalue weighted by molar-refractivity contribution is 0.0914. The predicted octanol–water partition coefficient (Wildman–Crippen LogP) is 2.60. The summed E-state index contributed by atoms with van der Waals surface area (Å²) in [5.41, 5.74) is 0.776. The first-order valence-corrected chi connectivity index (χ1v) is 11.1. The highest BCUT2D eigenvalue weighted by atomic mass is 32.2. The van der Waals surface area contributed by atoms with Crippen LogP contribution in [-0.4, -0.2) is 49.3 Å². The predicted molar refractivity (Wildman–Crippen MR) is 108 cm³/mol. The van der Waals surface area contributed by atoms with E-state index in [9.17, 15) is 22.4 Å². The van der Waals surface area contributed by atoms with E-state index in [0.717, 1.165) is 0 Å². The molecule has 1 amide bonds. The van der Waals surface area contributed by atoms with Crippen molar-refractivity contribution in [1.29, 1.82) is 0 Å². The molecule has 154 valence electrons. The molecule has 8 heteroatoms. The van der Waals surface area contributed by atoms with Crippen LogP contribution < -0.4 is 5.32 Å². The Balaban J connectivity index is 1.71. The second-order valence-electron chi connectivity index (χ2n) is 6.93. The molecule has 1 N–H and O–H groups in total. The number of nitrogens with one attached hydrogen (secondary N) is 1. The Bertz CT molecular complexity index is 998. The van der Waals surface area contributed by atoms with Gasteiger partial charge in [0, 0.05) is 30.3 Å². The van der Waals surface area contributed by atoms with Crippen molar-refractivity contribution >= 4 is 21.7 Å². The van der Waals surface area contributed by atoms with Crippen molar-refractivity contribution in [1.82, 2.24) is 9.62 Å². The van der Waals surface area contributed by atoms with Crippen molar-refractivity contribution in [3.8, 4) is 0 Å².